The quantitative estimate of drug-likeness (QED) is 0.878. The Labute approximate surface area is 132 Å². The standard InChI is InChI=1S/C18H25NO3/c1-18(2,14-7-4-3-5-8-14)11-10-16(20)19-12-6-9-15(19)13-17(21)22/h3-5,7-8,15H,6,9-13H2,1-2H3,(H,21,22). The third-order valence-corrected chi connectivity index (χ3v) is 4.63. The molecule has 1 atom stereocenters. The third kappa shape index (κ3) is 4.09. The third-order valence-electron chi connectivity index (χ3n) is 4.63. The molecule has 1 heterocycles. The Morgan fingerprint density at radius 2 is 1.95 bits per heavy atom. The normalized spacial score (nSPS) is 18.5. The molecule has 0 aliphatic carbocycles. The first-order valence-electron chi connectivity index (χ1n) is 7.97. The van der Waals surface area contributed by atoms with Crippen LogP contribution in [0.25, 0.3) is 0 Å². The summed E-state index contributed by atoms with van der Waals surface area (Å²) < 4.78 is 0. The van der Waals surface area contributed by atoms with Crippen molar-refractivity contribution in [3.05, 3.63) is 35.9 Å². The summed E-state index contributed by atoms with van der Waals surface area (Å²) >= 11 is 0. The van der Waals surface area contributed by atoms with Crippen molar-refractivity contribution in [2.75, 3.05) is 6.54 Å². The molecule has 0 bridgehead atoms. The molecule has 2 rings (SSSR count). The van der Waals surface area contributed by atoms with Gasteiger partial charge in [-0.25, -0.2) is 0 Å². The zero-order valence-electron chi connectivity index (χ0n) is 13.4. The van der Waals surface area contributed by atoms with Gasteiger partial charge in [-0.2, -0.15) is 0 Å². The van der Waals surface area contributed by atoms with Gasteiger partial charge in [-0.3, -0.25) is 9.59 Å². The lowest BCUT2D eigenvalue weighted by Crippen LogP contribution is -2.37. The Balaban J connectivity index is 1.93. The van der Waals surface area contributed by atoms with Gasteiger partial charge in [-0.1, -0.05) is 44.2 Å². The number of likely N-dealkylation sites (tertiary alicyclic amines) is 1. The number of hydrogen-bond donors (Lipinski definition) is 1. The van der Waals surface area contributed by atoms with Crippen molar-refractivity contribution < 1.29 is 14.7 Å². The van der Waals surface area contributed by atoms with Crippen LogP contribution in [0.1, 0.15) is 51.5 Å². The van der Waals surface area contributed by atoms with Crippen molar-refractivity contribution in [1.82, 2.24) is 4.90 Å². The molecule has 4 heteroatoms. The van der Waals surface area contributed by atoms with Crippen LogP contribution in [0.5, 0.6) is 0 Å². The second-order valence-electron chi connectivity index (χ2n) is 6.73. The van der Waals surface area contributed by atoms with E-state index in [0.29, 0.717) is 13.0 Å². The highest BCUT2D eigenvalue weighted by atomic mass is 16.4. The maximum absolute atomic E-state index is 12.4. The number of nitrogens with zero attached hydrogens (tertiary/aromatic N) is 1. The monoisotopic (exact) mass is 303 g/mol. The number of benzene rings is 1. The van der Waals surface area contributed by atoms with E-state index >= 15 is 0 Å². The van der Waals surface area contributed by atoms with Gasteiger partial charge in [-0.05, 0) is 30.2 Å². The first kappa shape index (κ1) is 16.5. The molecule has 1 amide bonds. The topological polar surface area (TPSA) is 57.6 Å². The molecule has 1 aromatic rings. The molecule has 1 saturated heterocycles. The van der Waals surface area contributed by atoms with Crippen LogP contribution in [0.3, 0.4) is 0 Å². The Morgan fingerprint density at radius 1 is 1.27 bits per heavy atom. The van der Waals surface area contributed by atoms with E-state index in [0.717, 1.165) is 19.3 Å². The molecular formula is C18H25NO3. The van der Waals surface area contributed by atoms with Gasteiger partial charge in [0.25, 0.3) is 0 Å². The van der Waals surface area contributed by atoms with Gasteiger partial charge in [0.15, 0.2) is 0 Å². The van der Waals surface area contributed by atoms with E-state index in [1.807, 2.05) is 18.2 Å². The van der Waals surface area contributed by atoms with Gasteiger partial charge in [0.05, 0.1) is 6.42 Å². The van der Waals surface area contributed by atoms with E-state index in [-0.39, 0.29) is 23.8 Å². The lowest BCUT2D eigenvalue weighted by atomic mass is 9.80. The van der Waals surface area contributed by atoms with Crippen molar-refractivity contribution in [1.29, 1.82) is 0 Å². The van der Waals surface area contributed by atoms with E-state index < -0.39 is 5.97 Å². The maximum Gasteiger partial charge on any atom is 0.305 e. The average molecular weight is 303 g/mol. The number of rotatable bonds is 6. The lowest BCUT2D eigenvalue weighted by Gasteiger charge is -2.28. The summed E-state index contributed by atoms with van der Waals surface area (Å²) in [6.07, 6.45) is 3.02. The Kier molecular flexibility index (Phi) is 5.22. The van der Waals surface area contributed by atoms with Crippen LogP contribution in [-0.2, 0) is 15.0 Å². The number of carboxylic acids is 1. The summed E-state index contributed by atoms with van der Waals surface area (Å²) in [7, 11) is 0. The molecule has 0 spiro atoms. The number of carbonyl (C=O) groups excluding carboxylic acids is 1. The molecule has 0 saturated carbocycles. The van der Waals surface area contributed by atoms with Crippen molar-refractivity contribution in [3.8, 4) is 0 Å². The van der Waals surface area contributed by atoms with Crippen molar-refractivity contribution in [2.45, 2.75) is 57.4 Å². The van der Waals surface area contributed by atoms with Crippen LogP contribution in [-0.4, -0.2) is 34.5 Å². The summed E-state index contributed by atoms with van der Waals surface area (Å²) in [5.41, 5.74) is 1.17. The molecule has 0 radical (unpaired) electrons. The van der Waals surface area contributed by atoms with Gasteiger partial charge >= 0.3 is 5.97 Å². The van der Waals surface area contributed by atoms with E-state index in [9.17, 15) is 9.59 Å². The lowest BCUT2D eigenvalue weighted by molar-refractivity contribution is -0.140. The van der Waals surface area contributed by atoms with E-state index in [1.54, 1.807) is 4.90 Å². The largest absolute Gasteiger partial charge is 0.481 e. The number of carbonyl (C=O) groups is 2. The smallest absolute Gasteiger partial charge is 0.305 e. The number of carboxylic acid groups (broad SMARTS) is 1. The Morgan fingerprint density at radius 3 is 2.59 bits per heavy atom. The number of hydrogen-bond acceptors (Lipinski definition) is 2. The van der Waals surface area contributed by atoms with Gasteiger partial charge in [0.1, 0.15) is 0 Å². The minimum atomic E-state index is -0.825. The zero-order chi connectivity index (χ0) is 16.2. The summed E-state index contributed by atoms with van der Waals surface area (Å²) in [6.45, 7) is 4.99. The van der Waals surface area contributed by atoms with Crippen molar-refractivity contribution >= 4 is 11.9 Å². The Bertz CT molecular complexity index is 524. The molecule has 1 aliphatic heterocycles. The van der Waals surface area contributed by atoms with Crippen molar-refractivity contribution in [3.63, 3.8) is 0 Å². The molecule has 1 aromatic carbocycles. The molecule has 1 fully saturated rings. The molecule has 120 valence electrons. The molecule has 4 nitrogen and oxygen atoms in total. The van der Waals surface area contributed by atoms with E-state index in [4.69, 9.17) is 5.11 Å². The second-order valence-corrected chi connectivity index (χ2v) is 6.73. The van der Waals surface area contributed by atoms with Gasteiger partial charge in [0, 0.05) is 19.0 Å². The fourth-order valence-corrected chi connectivity index (χ4v) is 3.17. The predicted molar refractivity (Wildman–Crippen MR) is 85.7 cm³/mol. The maximum atomic E-state index is 12.4. The molecule has 0 aromatic heterocycles. The van der Waals surface area contributed by atoms with Crippen molar-refractivity contribution in [2.24, 2.45) is 0 Å². The molecule has 1 aliphatic rings. The van der Waals surface area contributed by atoms with Crippen LogP contribution in [0, 0.1) is 0 Å². The van der Waals surface area contributed by atoms with E-state index in [2.05, 4.69) is 26.0 Å². The van der Waals surface area contributed by atoms with Crippen LogP contribution in [0.15, 0.2) is 30.3 Å². The minimum Gasteiger partial charge on any atom is -0.481 e. The highest BCUT2D eigenvalue weighted by molar-refractivity contribution is 5.78. The van der Waals surface area contributed by atoms with Crippen LogP contribution in [0.4, 0.5) is 0 Å². The zero-order valence-corrected chi connectivity index (χ0v) is 13.4. The van der Waals surface area contributed by atoms with Crippen LogP contribution >= 0.6 is 0 Å². The molecule has 22 heavy (non-hydrogen) atoms. The highest BCUT2D eigenvalue weighted by Gasteiger charge is 2.31. The molecule has 1 unspecified atom stereocenters. The fraction of sp³-hybridized carbons (Fsp3) is 0.556. The minimum absolute atomic E-state index is 0.0566. The van der Waals surface area contributed by atoms with E-state index in [1.165, 1.54) is 5.56 Å². The highest BCUT2D eigenvalue weighted by Crippen LogP contribution is 2.29. The predicted octanol–water partition coefficient (Wildman–Crippen LogP) is 3.21. The summed E-state index contributed by atoms with van der Waals surface area (Å²) in [4.78, 5) is 25.1. The van der Waals surface area contributed by atoms with Crippen LogP contribution < -0.4 is 0 Å². The van der Waals surface area contributed by atoms with Crippen LogP contribution in [0.2, 0.25) is 0 Å². The Hall–Kier alpha value is -1.84. The second kappa shape index (κ2) is 6.95. The summed E-state index contributed by atoms with van der Waals surface area (Å²) in [6, 6.07) is 10.1. The van der Waals surface area contributed by atoms with Gasteiger partial charge in [-0.15, -0.1) is 0 Å². The average Bonchev–Trinajstić information content (AvgIpc) is 2.93. The van der Waals surface area contributed by atoms with Gasteiger partial charge in [0.2, 0.25) is 5.91 Å². The first-order chi connectivity index (χ1) is 10.4. The number of aliphatic carboxylic acids is 1. The summed E-state index contributed by atoms with van der Waals surface area (Å²) in [5, 5.41) is 8.94. The molecular weight excluding hydrogens is 278 g/mol. The van der Waals surface area contributed by atoms with Gasteiger partial charge < -0.3 is 10.0 Å². The first-order valence-corrected chi connectivity index (χ1v) is 7.97. The number of amides is 1. The SMILES string of the molecule is CC(C)(CCC(=O)N1CCCC1CC(=O)O)c1ccccc1. The molecule has 1 N–H and O–H groups in total. The fourth-order valence-electron chi connectivity index (χ4n) is 3.17. The summed E-state index contributed by atoms with van der Waals surface area (Å²) in [5.74, 6) is -0.734.